The van der Waals surface area contributed by atoms with Crippen LogP contribution >= 0.6 is 0 Å². The van der Waals surface area contributed by atoms with E-state index in [9.17, 15) is 4.79 Å². The normalized spacial score (nSPS) is 13.2. The first-order valence-electron chi connectivity index (χ1n) is 7.09. The summed E-state index contributed by atoms with van der Waals surface area (Å²) < 4.78 is 2.11. The minimum absolute atomic E-state index is 0.0462. The number of aromatic nitrogens is 3. The molecule has 2 heterocycles. The number of anilines is 1. The lowest BCUT2D eigenvalue weighted by Crippen LogP contribution is -2.28. The van der Waals surface area contributed by atoms with Gasteiger partial charge in [-0.25, -0.2) is 0 Å². The van der Waals surface area contributed by atoms with Crippen molar-refractivity contribution < 1.29 is 4.79 Å². The molecule has 1 aromatic heterocycles. The van der Waals surface area contributed by atoms with Crippen LogP contribution in [0.4, 0.5) is 5.69 Å². The summed E-state index contributed by atoms with van der Waals surface area (Å²) in [7, 11) is 1.78. The maximum atomic E-state index is 12.6. The largest absolute Gasteiger partial charge is 0.398 e. The summed E-state index contributed by atoms with van der Waals surface area (Å²) >= 11 is 0. The van der Waals surface area contributed by atoms with E-state index in [1.165, 1.54) is 0 Å². The highest BCUT2D eigenvalue weighted by Crippen LogP contribution is 2.19. The Morgan fingerprint density at radius 2 is 2.24 bits per heavy atom. The molecule has 6 heteroatoms. The smallest absolute Gasteiger partial charge is 0.254 e. The van der Waals surface area contributed by atoms with Crippen LogP contribution < -0.4 is 5.73 Å². The van der Waals surface area contributed by atoms with Crippen molar-refractivity contribution in [2.45, 2.75) is 32.9 Å². The van der Waals surface area contributed by atoms with Gasteiger partial charge in [-0.15, -0.1) is 10.2 Å². The minimum atomic E-state index is -0.0462. The fourth-order valence-electron chi connectivity index (χ4n) is 2.70. The second-order valence-electron chi connectivity index (χ2n) is 5.47. The molecular formula is C15H19N5O. The Kier molecular flexibility index (Phi) is 3.37. The molecule has 110 valence electrons. The van der Waals surface area contributed by atoms with Crippen LogP contribution in [-0.4, -0.2) is 32.6 Å². The van der Waals surface area contributed by atoms with Gasteiger partial charge in [0.15, 0.2) is 5.82 Å². The molecule has 1 aromatic carbocycles. The third kappa shape index (κ3) is 2.37. The molecule has 2 N–H and O–H groups in total. The molecule has 0 fully saturated rings. The molecule has 0 spiro atoms. The Morgan fingerprint density at radius 1 is 1.43 bits per heavy atom. The minimum Gasteiger partial charge on any atom is -0.398 e. The van der Waals surface area contributed by atoms with E-state index in [-0.39, 0.29) is 5.91 Å². The Morgan fingerprint density at radius 3 is 3.05 bits per heavy atom. The van der Waals surface area contributed by atoms with Gasteiger partial charge in [-0.1, -0.05) is 6.07 Å². The summed E-state index contributed by atoms with van der Waals surface area (Å²) in [5.41, 5.74) is 7.97. The van der Waals surface area contributed by atoms with Crippen molar-refractivity contribution in [3.63, 3.8) is 0 Å². The first-order chi connectivity index (χ1) is 10.1. The molecule has 1 aliphatic rings. The maximum absolute atomic E-state index is 12.6. The van der Waals surface area contributed by atoms with Crippen molar-refractivity contribution >= 4 is 11.6 Å². The van der Waals surface area contributed by atoms with Crippen LogP contribution in [0.1, 0.15) is 34.0 Å². The number of amides is 1. The molecule has 3 rings (SSSR count). The van der Waals surface area contributed by atoms with E-state index >= 15 is 0 Å². The van der Waals surface area contributed by atoms with Gasteiger partial charge in [0, 0.05) is 31.3 Å². The van der Waals surface area contributed by atoms with E-state index in [1.54, 1.807) is 30.1 Å². The Bertz CT molecular complexity index is 691. The van der Waals surface area contributed by atoms with E-state index in [1.807, 2.05) is 6.92 Å². The maximum Gasteiger partial charge on any atom is 0.254 e. The molecule has 1 aliphatic heterocycles. The van der Waals surface area contributed by atoms with Gasteiger partial charge in [-0.3, -0.25) is 4.79 Å². The highest BCUT2D eigenvalue weighted by Gasteiger charge is 2.21. The first-order valence-corrected chi connectivity index (χ1v) is 7.09. The van der Waals surface area contributed by atoms with Crippen molar-refractivity contribution in [3.05, 3.63) is 41.0 Å². The molecule has 6 nitrogen and oxygen atoms in total. The number of nitrogens with two attached hydrogens (primary N) is 1. The second-order valence-corrected chi connectivity index (χ2v) is 5.47. The number of fused-ring (bicyclic) bond motifs is 1. The fraction of sp³-hybridized carbons (Fsp3) is 0.400. The van der Waals surface area contributed by atoms with Crippen LogP contribution in [-0.2, 0) is 19.5 Å². The molecule has 1 amide bonds. The van der Waals surface area contributed by atoms with Crippen LogP contribution in [0.3, 0.4) is 0 Å². The summed E-state index contributed by atoms with van der Waals surface area (Å²) in [5, 5.41) is 8.36. The monoisotopic (exact) mass is 285 g/mol. The zero-order valence-corrected chi connectivity index (χ0v) is 12.3. The van der Waals surface area contributed by atoms with Gasteiger partial charge in [0.1, 0.15) is 5.82 Å². The van der Waals surface area contributed by atoms with Gasteiger partial charge >= 0.3 is 0 Å². The Balaban J connectivity index is 1.80. The van der Waals surface area contributed by atoms with Crippen molar-refractivity contribution in [2.24, 2.45) is 0 Å². The van der Waals surface area contributed by atoms with E-state index in [4.69, 9.17) is 5.73 Å². The van der Waals surface area contributed by atoms with Crippen LogP contribution in [0.5, 0.6) is 0 Å². The third-order valence-corrected chi connectivity index (χ3v) is 4.02. The lowest BCUT2D eigenvalue weighted by molar-refractivity contribution is 0.0779. The molecule has 0 radical (unpaired) electrons. The van der Waals surface area contributed by atoms with Crippen LogP contribution in [0.25, 0.3) is 0 Å². The predicted molar refractivity (Wildman–Crippen MR) is 79.7 cm³/mol. The standard InChI is InChI=1S/C15H19N5O/c1-10-11(5-3-6-12(10)16)15(21)19(2)9-14-18-17-13-7-4-8-20(13)14/h3,5-6H,4,7-9,16H2,1-2H3. The molecule has 0 bridgehead atoms. The van der Waals surface area contributed by atoms with Crippen molar-refractivity contribution in [2.75, 3.05) is 12.8 Å². The highest BCUT2D eigenvalue weighted by molar-refractivity contribution is 5.96. The SMILES string of the molecule is Cc1c(N)cccc1C(=O)N(C)Cc1nnc2n1CCC2. The number of hydrogen-bond acceptors (Lipinski definition) is 4. The molecular weight excluding hydrogens is 266 g/mol. The van der Waals surface area contributed by atoms with Gasteiger partial charge in [0.2, 0.25) is 0 Å². The molecule has 2 aromatic rings. The second kappa shape index (κ2) is 5.20. The average Bonchev–Trinajstić information content (AvgIpc) is 3.06. The summed E-state index contributed by atoms with van der Waals surface area (Å²) in [6, 6.07) is 5.41. The van der Waals surface area contributed by atoms with E-state index < -0.39 is 0 Å². The third-order valence-electron chi connectivity index (χ3n) is 4.02. The lowest BCUT2D eigenvalue weighted by Gasteiger charge is -2.18. The van der Waals surface area contributed by atoms with Gasteiger partial charge in [-0.2, -0.15) is 0 Å². The summed E-state index contributed by atoms with van der Waals surface area (Å²) in [6.45, 7) is 3.27. The fourth-order valence-corrected chi connectivity index (χ4v) is 2.70. The average molecular weight is 285 g/mol. The summed E-state index contributed by atoms with van der Waals surface area (Å²) in [4.78, 5) is 14.2. The van der Waals surface area contributed by atoms with E-state index in [2.05, 4.69) is 14.8 Å². The Hall–Kier alpha value is -2.37. The van der Waals surface area contributed by atoms with Crippen LogP contribution in [0, 0.1) is 6.92 Å². The predicted octanol–water partition coefficient (Wildman–Crippen LogP) is 1.39. The molecule has 0 saturated heterocycles. The van der Waals surface area contributed by atoms with Gasteiger partial charge < -0.3 is 15.2 Å². The van der Waals surface area contributed by atoms with Gasteiger partial charge in [-0.05, 0) is 31.0 Å². The summed E-state index contributed by atoms with van der Waals surface area (Å²) in [5.74, 6) is 1.82. The molecule has 0 saturated carbocycles. The number of nitrogens with zero attached hydrogens (tertiary/aromatic N) is 4. The highest BCUT2D eigenvalue weighted by atomic mass is 16.2. The van der Waals surface area contributed by atoms with Crippen LogP contribution in [0.2, 0.25) is 0 Å². The zero-order valence-electron chi connectivity index (χ0n) is 12.3. The number of rotatable bonds is 3. The number of carbonyl (C=O) groups excluding carboxylic acids is 1. The lowest BCUT2D eigenvalue weighted by atomic mass is 10.1. The zero-order chi connectivity index (χ0) is 15.0. The topological polar surface area (TPSA) is 77.0 Å². The molecule has 0 aliphatic carbocycles. The van der Waals surface area contributed by atoms with Crippen LogP contribution in [0.15, 0.2) is 18.2 Å². The number of nitrogen functional groups attached to an aromatic ring is 1. The molecule has 0 unspecified atom stereocenters. The Labute approximate surface area is 123 Å². The molecule has 21 heavy (non-hydrogen) atoms. The van der Waals surface area contributed by atoms with Crippen molar-refractivity contribution in [1.82, 2.24) is 19.7 Å². The number of aryl methyl sites for hydroxylation is 1. The van der Waals surface area contributed by atoms with Crippen molar-refractivity contribution in [3.8, 4) is 0 Å². The quantitative estimate of drug-likeness (QED) is 0.864. The van der Waals surface area contributed by atoms with Gasteiger partial charge in [0.05, 0.1) is 6.54 Å². The number of hydrogen-bond donors (Lipinski definition) is 1. The van der Waals surface area contributed by atoms with Crippen molar-refractivity contribution in [1.29, 1.82) is 0 Å². The first kappa shape index (κ1) is 13.6. The number of benzene rings is 1. The number of carbonyl (C=O) groups is 1. The summed E-state index contributed by atoms with van der Waals surface area (Å²) in [6.07, 6.45) is 2.07. The van der Waals surface area contributed by atoms with E-state index in [0.717, 1.165) is 36.6 Å². The van der Waals surface area contributed by atoms with E-state index in [0.29, 0.717) is 17.8 Å². The molecule has 0 atom stereocenters. The van der Waals surface area contributed by atoms with Gasteiger partial charge in [0.25, 0.3) is 5.91 Å².